The maximum absolute atomic E-state index is 12.5. The molecule has 2 nitrogen and oxygen atoms in total. The van der Waals surface area contributed by atoms with Crippen molar-refractivity contribution in [2.24, 2.45) is 0 Å². The Hall–Kier alpha value is -1.78. The van der Waals surface area contributed by atoms with Crippen molar-refractivity contribution in [3.05, 3.63) is 35.5 Å². The molecule has 0 aliphatic rings. The average Bonchev–Trinajstić information content (AvgIpc) is 2.64. The lowest BCUT2D eigenvalue weighted by Gasteiger charge is -2.05. The summed E-state index contributed by atoms with van der Waals surface area (Å²) in [4.78, 5) is 14.2. The maximum atomic E-state index is 12.5. The summed E-state index contributed by atoms with van der Waals surface area (Å²) in [5, 5.41) is 0.326. The summed E-state index contributed by atoms with van der Waals surface area (Å²) >= 11 is 0. The summed E-state index contributed by atoms with van der Waals surface area (Å²) in [6.07, 6.45) is -4.49. The second-order valence-electron chi connectivity index (χ2n) is 3.70. The number of Topliss-reactive ketones (excluding diaryl/α,β-unsaturated/α-hetero) is 1. The van der Waals surface area contributed by atoms with Crippen LogP contribution in [0.5, 0.6) is 0 Å². The molecule has 1 N–H and O–H groups in total. The first kappa shape index (κ1) is 11.7. The smallest absolute Gasteiger partial charge is 0.358 e. The number of hydrogen-bond acceptors (Lipinski definition) is 1. The number of rotatable bonds is 2. The lowest BCUT2D eigenvalue weighted by Crippen LogP contribution is -2.23. The van der Waals surface area contributed by atoms with Crippen LogP contribution in [-0.2, 0) is 6.42 Å². The van der Waals surface area contributed by atoms with Gasteiger partial charge in [0.15, 0.2) is 0 Å². The highest BCUT2D eigenvalue weighted by atomic mass is 19.4. The molecule has 0 atom stereocenters. The van der Waals surface area contributed by atoms with Crippen molar-refractivity contribution < 1.29 is 18.0 Å². The van der Waals surface area contributed by atoms with Crippen LogP contribution in [0.2, 0.25) is 0 Å². The molecular weight excluding hydrogens is 231 g/mol. The molecule has 0 radical (unpaired) electrons. The van der Waals surface area contributed by atoms with Gasteiger partial charge in [-0.2, -0.15) is 13.2 Å². The van der Waals surface area contributed by atoms with E-state index in [1.165, 1.54) is 6.07 Å². The van der Waals surface area contributed by atoms with Crippen LogP contribution >= 0.6 is 0 Å². The average molecular weight is 241 g/mol. The first-order valence-corrected chi connectivity index (χ1v) is 5.16. The van der Waals surface area contributed by atoms with Crippen molar-refractivity contribution in [2.45, 2.75) is 19.5 Å². The normalized spacial score (nSPS) is 12.0. The lowest BCUT2D eigenvalue weighted by atomic mass is 10.0. The maximum Gasteiger partial charge on any atom is 0.454 e. The molecule has 0 saturated carbocycles. The molecule has 2 aromatic rings. The predicted octanol–water partition coefficient (Wildman–Crippen LogP) is 3.48. The highest BCUT2D eigenvalue weighted by molar-refractivity contribution is 6.11. The molecule has 5 heteroatoms. The first-order chi connectivity index (χ1) is 7.95. The van der Waals surface area contributed by atoms with E-state index in [4.69, 9.17) is 0 Å². The first-order valence-electron chi connectivity index (χ1n) is 5.16. The predicted molar refractivity (Wildman–Crippen MR) is 58.1 cm³/mol. The number of para-hydroxylation sites is 1. The Morgan fingerprint density at radius 1 is 1.29 bits per heavy atom. The number of H-pyrrole nitrogens is 1. The van der Waals surface area contributed by atoms with Gasteiger partial charge in [0.1, 0.15) is 0 Å². The number of benzene rings is 1. The summed E-state index contributed by atoms with van der Waals surface area (Å²) in [6.45, 7) is 1.71. The van der Waals surface area contributed by atoms with E-state index >= 15 is 0 Å². The number of halogens is 3. The standard InChI is InChI=1S/C12H10F3NO/c1-2-8-10(11(17)12(13,14)15)7-5-3-4-6-9(7)16-8/h3-6,16H,2H2,1H3. The summed E-state index contributed by atoms with van der Waals surface area (Å²) in [5.74, 6) is -1.79. The summed E-state index contributed by atoms with van der Waals surface area (Å²) < 4.78 is 37.5. The van der Waals surface area contributed by atoms with Gasteiger partial charge in [-0.15, -0.1) is 0 Å². The van der Waals surface area contributed by atoms with E-state index in [0.717, 1.165) is 0 Å². The molecule has 0 unspecified atom stereocenters. The second-order valence-corrected chi connectivity index (χ2v) is 3.70. The fraction of sp³-hybridized carbons (Fsp3) is 0.250. The van der Waals surface area contributed by atoms with E-state index in [1.54, 1.807) is 25.1 Å². The number of fused-ring (bicyclic) bond motifs is 1. The third-order valence-corrected chi connectivity index (χ3v) is 2.62. The van der Waals surface area contributed by atoms with Crippen molar-refractivity contribution in [2.75, 3.05) is 0 Å². The highest BCUT2D eigenvalue weighted by Gasteiger charge is 2.41. The van der Waals surface area contributed by atoms with Gasteiger partial charge < -0.3 is 4.98 Å². The summed E-state index contributed by atoms with van der Waals surface area (Å²) in [7, 11) is 0. The topological polar surface area (TPSA) is 32.9 Å². The van der Waals surface area contributed by atoms with Crippen LogP contribution in [-0.4, -0.2) is 16.9 Å². The van der Waals surface area contributed by atoms with E-state index in [9.17, 15) is 18.0 Å². The monoisotopic (exact) mass is 241 g/mol. The lowest BCUT2D eigenvalue weighted by molar-refractivity contribution is -0.0884. The Morgan fingerprint density at radius 3 is 2.53 bits per heavy atom. The summed E-state index contributed by atoms with van der Waals surface area (Å²) in [5.41, 5.74) is 0.626. The van der Waals surface area contributed by atoms with Crippen molar-refractivity contribution in [1.82, 2.24) is 4.98 Å². The zero-order chi connectivity index (χ0) is 12.6. The van der Waals surface area contributed by atoms with Crippen LogP contribution in [0, 0.1) is 0 Å². The van der Waals surface area contributed by atoms with Gasteiger partial charge in [-0.05, 0) is 12.5 Å². The van der Waals surface area contributed by atoms with Gasteiger partial charge in [0.05, 0.1) is 5.56 Å². The van der Waals surface area contributed by atoms with Crippen LogP contribution in [0.3, 0.4) is 0 Å². The Bertz CT molecular complexity index is 569. The van der Waals surface area contributed by atoms with Crippen LogP contribution in [0.4, 0.5) is 13.2 Å². The van der Waals surface area contributed by atoms with E-state index < -0.39 is 12.0 Å². The zero-order valence-electron chi connectivity index (χ0n) is 9.06. The molecule has 1 aromatic heterocycles. The zero-order valence-corrected chi connectivity index (χ0v) is 9.06. The number of aromatic nitrogens is 1. The van der Waals surface area contributed by atoms with Crippen LogP contribution < -0.4 is 0 Å². The van der Waals surface area contributed by atoms with Crippen molar-refractivity contribution >= 4 is 16.7 Å². The number of aryl methyl sites for hydroxylation is 1. The molecule has 0 aliphatic heterocycles. The number of alkyl halides is 3. The van der Waals surface area contributed by atoms with E-state index in [2.05, 4.69) is 4.98 Å². The van der Waals surface area contributed by atoms with Crippen molar-refractivity contribution in [3.63, 3.8) is 0 Å². The number of carbonyl (C=O) groups is 1. The third-order valence-electron chi connectivity index (χ3n) is 2.62. The Kier molecular flexibility index (Phi) is 2.69. The fourth-order valence-corrected chi connectivity index (χ4v) is 1.86. The fourth-order valence-electron chi connectivity index (χ4n) is 1.86. The van der Waals surface area contributed by atoms with Gasteiger partial charge in [0, 0.05) is 16.6 Å². The largest absolute Gasteiger partial charge is 0.454 e. The number of carbonyl (C=O) groups excluding carboxylic acids is 1. The molecule has 0 bridgehead atoms. The number of hydrogen-bond donors (Lipinski definition) is 1. The number of nitrogens with one attached hydrogen (secondary N) is 1. The molecule has 0 saturated heterocycles. The molecule has 90 valence electrons. The van der Waals surface area contributed by atoms with E-state index in [-0.39, 0.29) is 5.56 Å². The molecular formula is C12H10F3NO. The van der Waals surface area contributed by atoms with Gasteiger partial charge >= 0.3 is 6.18 Å². The quantitative estimate of drug-likeness (QED) is 0.802. The SMILES string of the molecule is CCc1[nH]c2ccccc2c1C(=O)C(F)(F)F. The van der Waals surface area contributed by atoms with Gasteiger partial charge in [-0.1, -0.05) is 25.1 Å². The second kappa shape index (κ2) is 3.91. The van der Waals surface area contributed by atoms with Gasteiger partial charge in [0.2, 0.25) is 0 Å². The molecule has 1 aromatic carbocycles. The van der Waals surface area contributed by atoms with Crippen LogP contribution in [0.25, 0.3) is 10.9 Å². The third kappa shape index (κ3) is 1.92. The van der Waals surface area contributed by atoms with Gasteiger partial charge in [-0.3, -0.25) is 4.79 Å². The Morgan fingerprint density at radius 2 is 1.94 bits per heavy atom. The minimum Gasteiger partial charge on any atom is -0.358 e. The summed E-state index contributed by atoms with van der Waals surface area (Å²) in [6, 6.07) is 6.49. The molecule has 0 spiro atoms. The minimum absolute atomic E-state index is 0.254. The minimum atomic E-state index is -4.84. The van der Waals surface area contributed by atoms with E-state index in [1.807, 2.05) is 0 Å². The molecule has 0 amide bonds. The highest BCUT2D eigenvalue weighted by Crippen LogP contribution is 2.29. The number of aromatic amines is 1. The molecule has 0 aliphatic carbocycles. The molecule has 2 rings (SSSR count). The Balaban J connectivity index is 2.70. The van der Waals surface area contributed by atoms with Gasteiger partial charge in [-0.25, -0.2) is 0 Å². The molecule has 1 heterocycles. The molecule has 17 heavy (non-hydrogen) atoms. The van der Waals surface area contributed by atoms with Crippen LogP contribution in [0.15, 0.2) is 24.3 Å². The van der Waals surface area contributed by atoms with Crippen molar-refractivity contribution in [3.8, 4) is 0 Å². The van der Waals surface area contributed by atoms with Gasteiger partial charge in [0.25, 0.3) is 5.78 Å². The Labute approximate surface area is 95.4 Å². The van der Waals surface area contributed by atoms with E-state index in [0.29, 0.717) is 23.0 Å². The molecule has 0 fully saturated rings. The van der Waals surface area contributed by atoms with Crippen LogP contribution in [0.1, 0.15) is 23.0 Å². The number of ketones is 1. The van der Waals surface area contributed by atoms with Crippen molar-refractivity contribution in [1.29, 1.82) is 0 Å².